The van der Waals surface area contributed by atoms with Gasteiger partial charge in [-0.25, -0.2) is 9.59 Å². The Morgan fingerprint density at radius 3 is 2.32 bits per heavy atom. The van der Waals surface area contributed by atoms with Gasteiger partial charge in [0, 0.05) is 6.42 Å². The largest absolute Gasteiger partial charge is 0.480 e. The molecule has 110 valence electrons. The molecule has 10 heteroatoms. The van der Waals surface area contributed by atoms with E-state index in [-0.39, 0.29) is 12.8 Å². The molecule has 19 heavy (non-hydrogen) atoms. The van der Waals surface area contributed by atoms with Crippen molar-refractivity contribution in [1.82, 2.24) is 10.6 Å². The first kappa shape index (κ1) is 17.0. The molecule has 0 aliphatic rings. The van der Waals surface area contributed by atoms with E-state index in [1.807, 2.05) is 5.32 Å². The highest BCUT2D eigenvalue weighted by Gasteiger charge is 2.29. The number of halogens is 3. The van der Waals surface area contributed by atoms with Gasteiger partial charge in [0.15, 0.2) is 0 Å². The summed E-state index contributed by atoms with van der Waals surface area (Å²) in [5, 5.41) is 12.0. The van der Waals surface area contributed by atoms with E-state index in [2.05, 4.69) is 4.74 Å². The van der Waals surface area contributed by atoms with Crippen molar-refractivity contribution in [2.75, 3.05) is 13.7 Å². The molecule has 0 aliphatic carbocycles. The maximum absolute atomic E-state index is 11.8. The first-order valence-electron chi connectivity index (χ1n) is 5.06. The molecule has 7 nitrogen and oxygen atoms in total. The number of ether oxygens (including phenoxy) is 1. The molecule has 1 atom stereocenters. The van der Waals surface area contributed by atoms with Gasteiger partial charge in [-0.15, -0.1) is 0 Å². The van der Waals surface area contributed by atoms with E-state index >= 15 is 0 Å². The maximum Gasteiger partial charge on any atom is 0.405 e. The van der Waals surface area contributed by atoms with Crippen molar-refractivity contribution >= 4 is 18.0 Å². The third-order valence-electron chi connectivity index (χ3n) is 1.92. The smallest absolute Gasteiger partial charge is 0.405 e. The zero-order chi connectivity index (χ0) is 15.1. The average Bonchev–Trinajstić information content (AvgIpc) is 2.30. The number of methoxy groups -OCH3 is 1. The molecular weight excluding hydrogens is 273 g/mol. The van der Waals surface area contributed by atoms with Crippen molar-refractivity contribution in [1.29, 1.82) is 0 Å². The highest BCUT2D eigenvalue weighted by atomic mass is 19.4. The quantitative estimate of drug-likeness (QED) is 0.607. The lowest BCUT2D eigenvalue weighted by molar-refractivity contribution is -0.142. The molecule has 0 aliphatic heterocycles. The fourth-order valence-corrected chi connectivity index (χ4v) is 1.01. The van der Waals surface area contributed by atoms with Crippen LogP contribution in [-0.2, 0) is 14.3 Å². The van der Waals surface area contributed by atoms with Gasteiger partial charge in [0.2, 0.25) is 0 Å². The summed E-state index contributed by atoms with van der Waals surface area (Å²) in [6.45, 7) is -1.58. The van der Waals surface area contributed by atoms with E-state index < -0.39 is 36.7 Å². The molecule has 3 N–H and O–H groups in total. The highest BCUT2D eigenvalue weighted by molar-refractivity contribution is 5.83. The summed E-state index contributed by atoms with van der Waals surface area (Å²) in [7, 11) is 1.10. The molecule has 0 saturated carbocycles. The van der Waals surface area contributed by atoms with Crippen LogP contribution >= 0.6 is 0 Å². The van der Waals surface area contributed by atoms with Gasteiger partial charge in [-0.1, -0.05) is 0 Å². The minimum Gasteiger partial charge on any atom is -0.480 e. The molecular formula is C9H13F3N2O5. The van der Waals surface area contributed by atoms with Gasteiger partial charge in [0.05, 0.1) is 7.11 Å². The summed E-state index contributed by atoms with van der Waals surface area (Å²) >= 11 is 0. The molecule has 0 aromatic rings. The molecule has 0 radical (unpaired) electrons. The molecule has 0 rings (SSSR count). The van der Waals surface area contributed by atoms with Crippen molar-refractivity contribution in [2.45, 2.75) is 25.1 Å². The van der Waals surface area contributed by atoms with Crippen LogP contribution in [0.5, 0.6) is 0 Å². The summed E-state index contributed by atoms with van der Waals surface area (Å²) in [5.41, 5.74) is 0. The third-order valence-corrected chi connectivity index (χ3v) is 1.92. The van der Waals surface area contributed by atoms with Crippen LogP contribution in [-0.4, -0.2) is 48.9 Å². The number of esters is 1. The van der Waals surface area contributed by atoms with Crippen molar-refractivity contribution in [3.05, 3.63) is 0 Å². The number of carboxylic acid groups (broad SMARTS) is 1. The second kappa shape index (κ2) is 7.44. The normalized spacial score (nSPS) is 12.4. The predicted octanol–water partition coefficient (Wildman–Crippen LogP) is 0.254. The summed E-state index contributed by atoms with van der Waals surface area (Å²) in [4.78, 5) is 32.5. The van der Waals surface area contributed by atoms with Gasteiger partial charge in [0.1, 0.15) is 12.6 Å². The highest BCUT2D eigenvalue weighted by Crippen LogP contribution is 2.12. The Kier molecular flexibility index (Phi) is 6.66. The molecule has 0 aromatic carbocycles. The van der Waals surface area contributed by atoms with Crippen molar-refractivity contribution < 1.29 is 37.4 Å². The number of amides is 2. The number of urea groups is 1. The summed E-state index contributed by atoms with van der Waals surface area (Å²) in [5.74, 6) is -2.16. The zero-order valence-electron chi connectivity index (χ0n) is 9.91. The van der Waals surface area contributed by atoms with Gasteiger partial charge in [-0.3, -0.25) is 4.79 Å². The first-order valence-corrected chi connectivity index (χ1v) is 5.06. The number of carboxylic acids is 1. The maximum atomic E-state index is 11.8. The van der Waals surface area contributed by atoms with Crippen LogP contribution in [0.4, 0.5) is 18.0 Å². The lowest BCUT2D eigenvalue weighted by atomic mass is 10.1. The van der Waals surface area contributed by atoms with Gasteiger partial charge >= 0.3 is 24.1 Å². The summed E-state index contributed by atoms with van der Waals surface area (Å²) in [6, 6.07) is -2.76. The van der Waals surface area contributed by atoms with Crippen LogP contribution in [0.25, 0.3) is 0 Å². The van der Waals surface area contributed by atoms with Gasteiger partial charge < -0.3 is 20.5 Å². The number of nitrogens with one attached hydrogen (secondary N) is 2. The van der Waals surface area contributed by atoms with E-state index in [4.69, 9.17) is 5.11 Å². The van der Waals surface area contributed by atoms with Crippen LogP contribution in [0.3, 0.4) is 0 Å². The molecule has 0 unspecified atom stereocenters. The van der Waals surface area contributed by atoms with Crippen molar-refractivity contribution in [3.8, 4) is 0 Å². The first-order chi connectivity index (χ1) is 8.65. The fraction of sp³-hybridized carbons (Fsp3) is 0.667. The minimum absolute atomic E-state index is 0.285. The number of alkyl halides is 3. The number of hydrogen-bond donors (Lipinski definition) is 3. The van der Waals surface area contributed by atoms with Crippen LogP contribution < -0.4 is 10.6 Å². The van der Waals surface area contributed by atoms with Crippen molar-refractivity contribution in [2.24, 2.45) is 0 Å². The van der Waals surface area contributed by atoms with Crippen LogP contribution in [0.1, 0.15) is 12.8 Å². The van der Waals surface area contributed by atoms with E-state index in [0.29, 0.717) is 0 Å². The Bertz CT molecular complexity index is 345. The molecule has 0 saturated heterocycles. The minimum atomic E-state index is -4.60. The topological polar surface area (TPSA) is 105 Å². The van der Waals surface area contributed by atoms with E-state index in [1.165, 1.54) is 5.32 Å². The lowest BCUT2D eigenvalue weighted by Gasteiger charge is -2.15. The van der Waals surface area contributed by atoms with E-state index in [9.17, 15) is 27.6 Å². The Hall–Kier alpha value is -2.00. The fourth-order valence-electron chi connectivity index (χ4n) is 1.01. The monoisotopic (exact) mass is 286 g/mol. The predicted molar refractivity (Wildman–Crippen MR) is 55.3 cm³/mol. The number of hydrogen-bond acceptors (Lipinski definition) is 4. The van der Waals surface area contributed by atoms with Crippen LogP contribution in [0.15, 0.2) is 0 Å². The lowest BCUT2D eigenvalue weighted by Crippen LogP contribution is -2.48. The summed E-state index contributed by atoms with van der Waals surface area (Å²) in [6.07, 6.45) is -5.17. The third kappa shape index (κ3) is 8.69. The molecule has 0 heterocycles. The van der Waals surface area contributed by atoms with E-state index in [0.717, 1.165) is 7.11 Å². The van der Waals surface area contributed by atoms with E-state index in [1.54, 1.807) is 0 Å². The SMILES string of the molecule is COC(=O)CC[C@H](NC(=O)NCC(F)(F)F)C(=O)O. The summed E-state index contributed by atoms with van der Waals surface area (Å²) < 4.78 is 39.6. The molecule has 0 aromatic heterocycles. The Morgan fingerprint density at radius 2 is 1.89 bits per heavy atom. The number of aliphatic carboxylic acids is 1. The molecule has 0 spiro atoms. The zero-order valence-corrected chi connectivity index (χ0v) is 9.91. The number of rotatable bonds is 6. The molecule has 2 amide bonds. The Labute approximate surface area is 106 Å². The Morgan fingerprint density at radius 1 is 1.32 bits per heavy atom. The van der Waals surface area contributed by atoms with Gasteiger partial charge in [0.25, 0.3) is 0 Å². The molecule has 0 bridgehead atoms. The number of carbonyl (C=O) groups excluding carboxylic acids is 2. The molecule has 0 fully saturated rings. The van der Waals surface area contributed by atoms with Gasteiger partial charge in [-0.2, -0.15) is 13.2 Å². The number of carbonyl (C=O) groups is 3. The average molecular weight is 286 g/mol. The van der Waals surface area contributed by atoms with Gasteiger partial charge in [-0.05, 0) is 6.42 Å². The standard InChI is InChI=1S/C9H13F3N2O5/c1-19-6(15)3-2-5(7(16)17)14-8(18)13-4-9(10,11)12/h5H,2-4H2,1H3,(H,16,17)(H2,13,14,18)/t5-/m0/s1. The van der Waals surface area contributed by atoms with Crippen molar-refractivity contribution in [3.63, 3.8) is 0 Å². The van der Waals surface area contributed by atoms with Crippen LogP contribution in [0, 0.1) is 0 Å². The Balaban J connectivity index is 4.23. The van der Waals surface area contributed by atoms with Crippen LogP contribution in [0.2, 0.25) is 0 Å². The second-order valence-corrected chi connectivity index (χ2v) is 3.45. The second-order valence-electron chi connectivity index (χ2n) is 3.45.